The highest BCUT2D eigenvalue weighted by atomic mass is 16.3. The van der Waals surface area contributed by atoms with Gasteiger partial charge in [0.05, 0.1) is 0 Å². The fourth-order valence-corrected chi connectivity index (χ4v) is 2.97. The summed E-state index contributed by atoms with van der Waals surface area (Å²) in [6.45, 7) is 5.60. The number of aromatic nitrogens is 1. The first-order valence-electron chi connectivity index (χ1n) is 7.80. The van der Waals surface area contributed by atoms with E-state index in [9.17, 15) is 9.59 Å². The molecule has 124 valence electrons. The summed E-state index contributed by atoms with van der Waals surface area (Å²) in [5, 5.41) is 2.78. The Morgan fingerprint density at radius 3 is 2.76 bits per heavy atom. The number of carbonyl (C=O) groups is 2. The minimum absolute atomic E-state index is 0.0950. The minimum Gasteiger partial charge on any atom is -0.441 e. The summed E-state index contributed by atoms with van der Waals surface area (Å²) < 4.78 is 5.41. The van der Waals surface area contributed by atoms with Crippen molar-refractivity contribution in [3.8, 4) is 0 Å². The van der Waals surface area contributed by atoms with Crippen LogP contribution in [-0.4, -0.2) is 28.2 Å². The van der Waals surface area contributed by atoms with Gasteiger partial charge in [0.2, 0.25) is 5.91 Å². The standard InChI is InChI=1S/C19H15N3O3/c1-11-14-5-3-4-6-15(14)19(24)22(11)10-18(23)21-13-7-8-17-16(9-13)20-12(2)25-17/h3-9H,1,10H2,2H3,(H,21,23). The Morgan fingerprint density at radius 2 is 2.00 bits per heavy atom. The quantitative estimate of drug-likeness (QED) is 0.798. The third-order valence-corrected chi connectivity index (χ3v) is 4.12. The van der Waals surface area contributed by atoms with Gasteiger partial charge in [-0.25, -0.2) is 4.98 Å². The van der Waals surface area contributed by atoms with Crippen LogP contribution in [0.25, 0.3) is 16.8 Å². The maximum Gasteiger partial charge on any atom is 0.259 e. The molecule has 0 radical (unpaired) electrons. The van der Waals surface area contributed by atoms with Crippen LogP contribution in [0.5, 0.6) is 0 Å². The number of nitrogens with one attached hydrogen (secondary N) is 1. The van der Waals surface area contributed by atoms with Gasteiger partial charge in [-0.2, -0.15) is 0 Å². The molecule has 1 aliphatic heterocycles. The van der Waals surface area contributed by atoms with E-state index in [0.29, 0.717) is 33.9 Å². The lowest BCUT2D eigenvalue weighted by Gasteiger charge is -2.16. The average Bonchev–Trinajstić information content (AvgIpc) is 3.07. The smallest absolute Gasteiger partial charge is 0.259 e. The molecule has 0 aliphatic carbocycles. The van der Waals surface area contributed by atoms with E-state index >= 15 is 0 Å². The van der Waals surface area contributed by atoms with Crippen molar-refractivity contribution in [3.63, 3.8) is 0 Å². The van der Waals surface area contributed by atoms with Crippen LogP contribution in [-0.2, 0) is 4.79 Å². The molecule has 6 heteroatoms. The molecular formula is C19H15N3O3. The molecule has 0 bridgehead atoms. The topological polar surface area (TPSA) is 75.4 Å². The highest BCUT2D eigenvalue weighted by Crippen LogP contribution is 2.30. The van der Waals surface area contributed by atoms with Gasteiger partial charge in [-0.05, 0) is 24.3 Å². The first kappa shape index (κ1) is 15.1. The van der Waals surface area contributed by atoms with Crippen LogP contribution in [0.1, 0.15) is 21.8 Å². The predicted octanol–water partition coefficient (Wildman–Crippen LogP) is 3.20. The fourth-order valence-electron chi connectivity index (χ4n) is 2.97. The van der Waals surface area contributed by atoms with Gasteiger partial charge < -0.3 is 9.73 Å². The van der Waals surface area contributed by atoms with Crippen LogP contribution < -0.4 is 5.32 Å². The molecule has 1 aromatic heterocycles. The Balaban J connectivity index is 1.50. The molecule has 6 nitrogen and oxygen atoms in total. The van der Waals surface area contributed by atoms with Crippen molar-refractivity contribution < 1.29 is 14.0 Å². The summed E-state index contributed by atoms with van der Waals surface area (Å²) in [4.78, 5) is 30.4. The van der Waals surface area contributed by atoms with Gasteiger partial charge in [0, 0.05) is 29.4 Å². The minimum atomic E-state index is -0.304. The van der Waals surface area contributed by atoms with Crippen molar-refractivity contribution in [3.05, 3.63) is 66.1 Å². The number of nitrogens with zero attached hydrogens (tertiary/aromatic N) is 2. The van der Waals surface area contributed by atoms with E-state index in [4.69, 9.17) is 4.42 Å². The summed E-state index contributed by atoms with van der Waals surface area (Å²) in [5.74, 6) is 0.0513. The second-order valence-corrected chi connectivity index (χ2v) is 5.85. The van der Waals surface area contributed by atoms with E-state index in [0.717, 1.165) is 5.56 Å². The molecule has 0 atom stereocenters. The van der Waals surface area contributed by atoms with Crippen molar-refractivity contribution >= 4 is 34.3 Å². The van der Waals surface area contributed by atoms with E-state index in [-0.39, 0.29) is 18.4 Å². The van der Waals surface area contributed by atoms with E-state index in [1.165, 1.54) is 4.90 Å². The monoisotopic (exact) mass is 333 g/mol. The van der Waals surface area contributed by atoms with Gasteiger partial charge in [0.15, 0.2) is 11.5 Å². The molecule has 0 fully saturated rings. The van der Waals surface area contributed by atoms with Crippen LogP contribution in [0.15, 0.2) is 53.5 Å². The van der Waals surface area contributed by atoms with Crippen molar-refractivity contribution in [2.24, 2.45) is 0 Å². The maximum atomic E-state index is 12.4. The van der Waals surface area contributed by atoms with Gasteiger partial charge in [0.25, 0.3) is 5.91 Å². The summed E-state index contributed by atoms with van der Waals surface area (Å²) in [7, 11) is 0. The van der Waals surface area contributed by atoms with Crippen LogP contribution in [0.3, 0.4) is 0 Å². The number of rotatable bonds is 3. The Kier molecular flexibility index (Phi) is 3.39. The molecule has 25 heavy (non-hydrogen) atoms. The first-order valence-corrected chi connectivity index (χ1v) is 7.80. The first-order chi connectivity index (χ1) is 12.0. The summed E-state index contributed by atoms with van der Waals surface area (Å²) in [6.07, 6.45) is 0. The SMILES string of the molecule is C=C1c2ccccc2C(=O)N1CC(=O)Nc1ccc2oc(C)nc2c1. The lowest BCUT2D eigenvalue weighted by molar-refractivity contribution is -0.116. The lowest BCUT2D eigenvalue weighted by Crippen LogP contribution is -2.32. The molecule has 1 N–H and O–H groups in total. The van der Waals surface area contributed by atoms with E-state index < -0.39 is 0 Å². The van der Waals surface area contributed by atoms with Crippen LogP contribution in [0.2, 0.25) is 0 Å². The number of benzene rings is 2. The maximum absolute atomic E-state index is 12.4. The fraction of sp³-hybridized carbons (Fsp3) is 0.105. The Labute approximate surface area is 143 Å². The van der Waals surface area contributed by atoms with E-state index in [1.54, 1.807) is 37.3 Å². The normalized spacial score (nSPS) is 13.4. The summed E-state index contributed by atoms with van der Waals surface area (Å²) in [5.41, 5.74) is 3.80. The molecule has 0 spiro atoms. The van der Waals surface area contributed by atoms with Gasteiger partial charge >= 0.3 is 0 Å². The number of amides is 2. The molecule has 0 unspecified atom stereocenters. The molecule has 0 saturated carbocycles. The van der Waals surface area contributed by atoms with Gasteiger partial charge in [-0.3, -0.25) is 14.5 Å². The van der Waals surface area contributed by atoms with Gasteiger partial charge in [-0.15, -0.1) is 0 Å². The zero-order valence-corrected chi connectivity index (χ0v) is 13.6. The van der Waals surface area contributed by atoms with Crippen LogP contribution >= 0.6 is 0 Å². The van der Waals surface area contributed by atoms with Gasteiger partial charge in [0.1, 0.15) is 12.1 Å². The molecule has 0 saturated heterocycles. The third kappa shape index (κ3) is 2.57. The number of hydrogen-bond donors (Lipinski definition) is 1. The Bertz CT molecular complexity index is 1000. The highest BCUT2D eigenvalue weighted by molar-refractivity contribution is 6.11. The third-order valence-electron chi connectivity index (χ3n) is 4.12. The molecule has 2 aromatic carbocycles. The van der Waals surface area contributed by atoms with E-state index in [1.807, 2.05) is 12.1 Å². The van der Waals surface area contributed by atoms with Crippen LogP contribution in [0.4, 0.5) is 5.69 Å². The molecule has 1 aliphatic rings. The number of oxazole rings is 1. The molecule has 4 rings (SSSR count). The molecule has 3 aromatic rings. The van der Waals surface area contributed by atoms with Crippen molar-refractivity contribution in [1.82, 2.24) is 9.88 Å². The number of anilines is 1. The second-order valence-electron chi connectivity index (χ2n) is 5.85. The van der Waals surface area contributed by atoms with Gasteiger partial charge in [-0.1, -0.05) is 24.8 Å². The predicted molar refractivity (Wildman–Crippen MR) is 93.9 cm³/mol. The second kappa shape index (κ2) is 5.59. The number of hydrogen-bond acceptors (Lipinski definition) is 4. The van der Waals surface area contributed by atoms with Crippen molar-refractivity contribution in [2.75, 3.05) is 11.9 Å². The zero-order chi connectivity index (χ0) is 17.6. The average molecular weight is 333 g/mol. The summed E-state index contributed by atoms with van der Waals surface area (Å²) >= 11 is 0. The number of fused-ring (bicyclic) bond motifs is 2. The van der Waals surface area contributed by atoms with E-state index in [2.05, 4.69) is 16.9 Å². The lowest BCUT2D eigenvalue weighted by atomic mass is 10.1. The van der Waals surface area contributed by atoms with Crippen molar-refractivity contribution in [2.45, 2.75) is 6.92 Å². The highest BCUT2D eigenvalue weighted by Gasteiger charge is 2.31. The molecule has 2 amide bonds. The number of carbonyl (C=O) groups excluding carboxylic acids is 2. The number of aryl methyl sites for hydroxylation is 1. The Morgan fingerprint density at radius 1 is 1.24 bits per heavy atom. The zero-order valence-electron chi connectivity index (χ0n) is 13.6. The van der Waals surface area contributed by atoms with Crippen LogP contribution in [0, 0.1) is 6.92 Å². The Hall–Kier alpha value is -3.41. The van der Waals surface area contributed by atoms with Crippen molar-refractivity contribution in [1.29, 1.82) is 0 Å². The molecular weight excluding hydrogens is 318 g/mol. The summed E-state index contributed by atoms with van der Waals surface area (Å²) in [6, 6.07) is 12.4. The largest absolute Gasteiger partial charge is 0.441 e. The molecule has 2 heterocycles.